The Morgan fingerprint density at radius 1 is 1.42 bits per heavy atom. The molecule has 0 bridgehead atoms. The number of halogens is 1. The molecule has 1 aromatic carbocycles. The molecule has 19 heavy (non-hydrogen) atoms. The lowest BCUT2D eigenvalue weighted by Crippen LogP contribution is -2.02. The van der Waals surface area contributed by atoms with Gasteiger partial charge in [-0.15, -0.1) is 0 Å². The maximum Gasteiger partial charge on any atom is 0.337 e. The first-order valence-corrected chi connectivity index (χ1v) is 5.84. The highest BCUT2D eigenvalue weighted by Crippen LogP contribution is 2.25. The number of nitrogen functional groups attached to an aromatic ring is 1. The normalized spacial score (nSPS) is 10.0. The quantitative estimate of drug-likeness (QED) is 0.844. The largest absolute Gasteiger partial charge is 0.465 e. The number of methoxy groups -OCH3 is 1. The van der Waals surface area contributed by atoms with E-state index < -0.39 is 5.97 Å². The Bertz CT molecular complexity index is 617. The second-order valence-electron chi connectivity index (χ2n) is 3.80. The van der Waals surface area contributed by atoms with Crippen molar-refractivity contribution in [3.05, 3.63) is 47.1 Å². The van der Waals surface area contributed by atoms with E-state index in [4.69, 9.17) is 17.3 Å². The molecule has 1 aromatic heterocycles. The average molecular weight is 278 g/mol. The van der Waals surface area contributed by atoms with Crippen molar-refractivity contribution in [3.8, 4) is 0 Å². The maximum absolute atomic E-state index is 11.4. The van der Waals surface area contributed by atoms with Crippen LogP contribution in [-0.2, 0) is 4.74 Å². The predicted octanol–water partition coefficient (Wildman–Crippen LogP) is 2.85. The third-order valence-electron chi connectivity index (χ3n) is 2.41. The molecular weight excluding hydrogens is 266 g/mol. The van der Waals surface area contributed by atoms with Crippen molar-refractivity contribution < 1.29 is 9.53 Å². The molecule has 98 valence electrons. The molecule has 0 fully saturated rings. The summed E-state index contributed by atoms with van der Waals surface area (Å²) in [5, 5.41) is 3.42. The highest BCUT2D eigenvalue weighted by molar-refractivity contribution is 6.33. The topological polar surface area (TPSA) is 77.2 Å². The zero-order valence-electron chi connectivity index (χ0n) is 10.2. The zero-order chi connectivity index (χ0) is 13.8. The number of nitrogens with zero attached hydrogens (tertiary/aromatic N) is 1. The van der Waals surface area contributed by atoms with Gasteiger partial charge in [0, 0.05) is 5.69 Å². The molecule has 6 heteroatoms. The van der Waals surface area contributed by atoms with Gasteiger partial charge in [0.05, 0.1) is 29.6 Å². The zero-order valence-corrected chi connectivity index (χ0v) is 10.9. The number of hydrogen-bond donors (Lipinski definition) is 2. The van der Waals surface area contributed by atoms with Crippen molar-refractivity contribution in [3.63, 3.8) is 0 Å². The minimum absolute atomic E-state index is 0.403. The molecule has 0 saturated carbocycles. The number of nitrogens with one attached hydrogen (secondary N) is 1. The van der Waals surface area contributed by atoms with Crippen LogP contribution >= 0.6 is 11.6 Å². The first kappa shape index (κ1) is 13.2. The Kier molecular flexibility index (Phi) is 3.87. The summed E-state index contributed by atoms with van der Waals surface area (Å²) in [5.74, 6) is 0.0675. The minimum atomic E-state index is -0.403. The summed E-state index contributed by atoms with van der Waals surface area (Å²) in [6, 6.07) is 8.44. The molecule has 0 saturated heterocycles. The van der Waals surface area contributed by atoms with Gasteiger partial charge in [0.2, 0.25) is 0 Å². The van der Waals surface area contributed by atoms with Crippen molar-refractivity contribution in [2.24, 2.45) is 0 Å². The van der Waals surface area contributed by atoms with Crippen LogP contribution in [0.5, 0.6) is 0 Å². The first-order chi connectivity index (χ1) is 9.10. The second-order valence-corrected chi connectivity index (χ2v) is 4.20. The van der Waals surface area contributed by atoms with E-state index in [1.54, 1.807) is 30.3 Å². The molecule has 0 radical (unpaired) electrons. The number of ether oxygens (including phenoxy) is 1. The summed E-state index contributed by atoms with van der Waals surface area (Å²) in [6.45, 7) is 0. The molecule has 2 aromatic rings. The Labute approximate surface area is 115 Å². The summed E-state index contributed by atoms with van der Waals surface area (Å²) < 4.78 is 4.66. The summed E-state index contributed by atoms with van der Waals surface area (Å²) in [7, 11) is 1.33. The van der Waals surface area contributed by atoms with Crippen LogP contribution in [0.2, 0.25) is 5.02 Å². The number of pyridine rings is 1. The molecule has 1 heterocycles. The van der Waals surface area contributed by atoms with Gasteiger partial charge in [-0.2, -0.15) is 0 Å². The van der Waals surface area contributed by atoms with Crippen molar-refractivity contribution in [2.45, 2.75) is 0 Å². The molecule has 0 aliphatic heterocycles. The highest BCUT2D eigenvalue weighted by Gasteiger charge is 2.07. The van der Waals surface area contributed by atoms with Gasteiger partial charge in [0.25, 0.3) is 0 Å². The Morgan fingerprint density at radius 3 is 2.89 bits per heavy atom. The lowest BCUT2D eigenvalue weighted by Gasteiger charge is -2.08. The Balaban J connectivity index is 2.26. The lowest BCUT2D eigenvalue weighted by atomic mass is 10.2. The van der Waals surface area contributed by atoms with Crippen LogP contribution in [0.4, 0.5) is 17.2 Å². The van der Waals surface area contributed by atoms with Crippen molar-refractivity contribution in [2.75, 3.05) is 18.2 Å². The molecule has 3 N–H and O–H groups in total. The number of benzene rings is 1. The average Bonchev–Trinajstić information content (AvgIpc) is 2.41. The third-order valence-corrected chi connectivity index (χ3v) is 2.70. The maximum atomic E-state index is 11.4. The van der Waals surface area contributed by atoms with E-state index in [9.17, 15) is 4.79 Å². The fourth-order valence-corrected chi connectivity index (χ4v) is 1.75. The predicted molar refractivity (Wildman–Crippen MR) is 74.7 cm³/mol. The SMILES string of the molecule is COC(=O)c1cccc(Nc2ncc(N)cc2Cl)c1. The van der Waals surface area contributed by atoms with Gasteiger partial charge in [0.1, 0.15) is 5.82 Å². The fraction of sp³-hybridized carbons (Fsp3) is 0.0769. The van der Waals surface area contributed by atoms with Crippen LogP contribution in [0, 0.1) is 0 Å². The van der Waals surface area contributed by atoms with E-state index in [0.717, 1.165) is 0 Å². The second kappa shape index (κ2) is 5.58. The number of carbonyl (C=O) groups excluding carboxylic acids is 1. The van der Waals surface area contributed by atoms with Crippen LogP contribution in [0.15, 0.2) is 36.5 Å². The number of carbonyl (C=O) groups is 1. The summed E-state index contributed by atoms with van der Waals surface area (Å²) in [6.07, 6.45) is 1.50. The molecule has 0 aliphatic carbocycles. The van der Waals surface area contributed by atoms with Gasteiger partial charge in [0.15, 0.2) is 0 Å². The first-order valence-electron chi connectivity index (χ1n) is 5.46. The fourth-order valence-electron chi connectivity index (χ4n) is 1.52. The van der Waals surface area contributed by atoms with E-state index in [0.29, 0.717) is 27.8 Å². The van der Waals surface area contributed by atoms with Crippen LogP contribution in [0.1, 0.15) is 10.4 Å². The lowest BCUT2D eigenvalue weighted by molar-refractivity contribution is 0.0601. The third kappa shape index (κ3) is 3.14. The molecule has 2 rings (SSSR count). The van der Waals surface area contributed by atoms with E-state index in [1.165, 1.54) is 13.3 Å². The van der Waals surface area contributed by atoms with Gasteiger partial charge < -0.3 is 15.8 Å². The standard InChI is InChI=1S/C13H12ClN3O2/c1-19-13(18)8-3-2-4-10(5-8)17-12-11(14)6-9(15)7-16-12/h2-7H,15H2,1H3,(H,16,17). The number of aromatic nitrogens is 1. The van der Waals surface area contributed by atoms with Gasteiger partial charge in [-0.3, -0.25) is 0 Å². The Morgan fingerprint density at radius 2 is 2.21 bits per heavy atom. The number of anilines is 3. The van der Waals surface area contributed by atoms with Crippen LogP contribution < -0.4 is 11.1 Å². The summed E-state index contributed by atoms with van der Waals surface area (Å²) >= 11 is 6.01. The molecular formula is C13H12ClN3O2. The van der Waals surface area contributed by atoms with Crippen LogP contribution in [0.25, 0.3) is 0 Å². The van der Waals surface area contributed by atoms with E-state index in [2.05, 4.69) is 15.0 Å². The van der Waals surface area contributed by atoms with Crippen molar-refractivity contribution in [1.29, 1.82) is 0 Å². The van der Waals surface area contributed by atoms with Crippen LogP contribution in [0.3, 0.4) is 0 Å². The Hall–Kier alpha value is -2.27. The van der Waals surface area contributed by atoms with E-state index in [-0.39, 0.29) is 0 Å². The van der Waals surface area contributed by atoms with E-state index in [1.807, 2.05) is 0 Å². The van der Waals surface area contributed by atoms with Crippen LogP contribution in [-0.4, -0.2) is 18.1 Å². The monoisotopic (exact) mass is 277 g/mol. The highest BCUT2D eigenvalue weighted by atomic mass is 35.5. The molecule has 0 amide bonds. The van der Waals surface area contributed by atoms with E-state index >= 15 is 0 Å². The van der Waals surface area contributed by atoms with Crippen molar-refractivity contribution in [1.82, 2.24) is 4.98 Å². The minimum Gasteiger partial charge on any atom is -0.465 e. The van der Waals surface area contributed by atoms with Gasteiger partial charge in [-0.05, 0) is 24.3 Å². The smallest absolute Gasteiger partial charge is 0.337 e. The molecule has 5 nitrogen and oxygen atoms in total. The number of hydrogen-bond acceptors (Lipinski definition) is 5. The van der Waals surface area contributed by atoms with Gasteiger partial charge in [-0.1, -0.05) is 17.7 Å². The summed E-state index contributed by atoms with van der Waals surface area (Å²) in [5.41, 5.74) is 7.18. The summed E-state index contributed by atoms with van der Waals surface area (Å²) in [4.78, 5) is 15.5. The number of rotatable bonds is 3. The van der Waals surface area contributed by atoms with Gasteiger partial charge >= 0.3 is 5.97 Å². The van der Waals surface area contributed by atoms with Crippen molar-refractivity contribution >= 4 is 34.8 Å². The molecule has 0 aliphatic rings. The van der Waals surface area contributed by atoms with Gasteiger partial charge in [-0.25, -0.2) is 9.78 Å². The molecule has 0 spiro atoms. The number of esters is 1. The molecule has 0 unspecified atom stereocenters. The number of nitrogens with two attached hydrogens (primary N) is 1. The molecule has 0 atom stereocenters.